The van der Waals surface area contributed by atoms with E-state index in [4.69, 9.17) is 0 Å². The Hall–Kier alpha value is -2.41. The zero-order chi connectivity index (χ0) is 19.4. The standard InChI is InChI=1S/C14H13F.C5H10.C5H8/c1-10-3-8-14(11(2)9-10)12-4-6-13(15)7-5-12;2*1-4-5(2)3/h3-9H,1-2H3;4H,1-3H3;4H,1-2H2,3H3. The highest BCUT2D eigenvalue weighted by atomic mass is 19.1. The molecular formula is C24H31F. The van der Waals surface area contributed by atoms with E-state index in [1.807, 2.05) is 26.0 Å². The Labute approximate surface area is 153 Å². The van der Waals surface area contributed by atoms with Gasteiger partial charge in [-0.1, -0.05) is 72.4 Å². The average molecular weight is 339 g/mol. The normalized spacial score (nSPS) is 8.92. The van der Waals surface area contributed by atoms with E-state index in [2.05, 4.69) is 65.1 Å². The maximum absolute atomic E-state index is 12.8. The Morgan fingerprint density at radius 3 is 1.80 bits per heavy atom. The van der Waals surface area contributed by atoms with Crippen LogP contribution in [0.1, 0.15) is 38.8 Å². The monoisotopic (exact) mass is 338 g/mol. The molecule has 0 bridgehead atoms. The van der Waals surface area contributed by atoms with Crippen LogP contribution in [-0.2, 0) is 0 Å². The smallest absolute Gasteiger partial charge is 0.123 e. The van der Waals surface area contributed by atoms with Crippen LogP contribution in [0.5, 0.6) is 0 Å². The molecule has 1 heteroatoms. The first kappa shape index (κ1) is 22.6. The number of aryl methyl sites for hydroxylation is 2. The van der Waals surface area contributed by atoms with E-state index in [1.54, 1.807) is 6.08 Å². The topological polar surface area (TPSA) is 0 Å². The first-order chi connectivity index (χ1) is 11.7. The van der Waals surface area contributed by atoms with Crippen LogP contribution in [0.15, 0.2) is 78.9 Å². The Morgan fingerprint density at radius 1 is 0.960 bits per heavy atom. The Balaban J connectivity index is 0.000000480. The van der Waals surface area contributed by atoms with Gasteiger partial charge >= 0.3 is 0 Å². The van der Waals surface area contributed by atoms with E-state index in [1.165, 1.54) is 34.4 Å². The zero-order valence-corrected chi connectivity index (χ0v) is 16.5. The highest BCUT2D eigenvalue weighted by Gasteiger charge is 2.01. The van der Waals surface area contributed by atoms with E-state index in [-0.39, 0.29) is 5.82 Å². The second-order valence-electron chi connectivity index (χ2n) is 6.24. The molecule has 2 aromatic carbocycles. The molecule has 0 unspecified atom stereocenters. The molecule has 0 radical (unpaired) electrons. The van der Waals surface area contributed by atoms with Crippen molar-refractivity contribution < 1.29 is 4.39 Å². The third-order valence-electron chi connectivity index (χ3n) is 3.46. The van der Waals surface area contributed by atoms with E-state index < -0.39 is 0 Å². The molecule has 0 fully saturated rings. The van der Waals surface area contributed by atoms with Gasteiger partial charge in [-0.3, -0.25) is 0 Å². The van der Waals surface area contributed by atoms with Crippen LogP contribution in [0.2, 0.25) is 0 Å². The molecule has 0 heterocycles. The first-order valence-corrected chi connectivity index (χ1v) is 8.41. The minimum atomic E-state index is -0.191. The number of rotatable bonds is 2. The van der Waals surface area contributed by atoms with Crippen molar-refractivity contribution in [2.45, 2.75) is 41.5 Å². The minimum absolute atomic E-state index is 0.191. The van der Waals surface area contributed by atoms with Crippen molar-refractivity contribution in [1.29, 1.82) is 0 Å². The predicted octanol–water partition coefficient (Wildman–Crippen LogP) is 7.83. The molecular weight excluding hydrogens is 307 g/mol. The lowest BCUT2D eigenvalue weighted by atomic mass is 9.99. The summed E-state index contributed by atoms with van der Waals surface area (Å²) in [5, 5.41) is 0. The SMILES string of the molecule is C=CC(=C)C.CC=C(C)C.Cc1ccc(-c2ccc(F)cc2)c(C)c1. The van der Waals surface area contributed by atoms with Crippen LogP contribution >= 0.6 is 0 Å². The molecule has 0 saturated heterocycles. The Kier molecular flexibility index (Phi) is 10.9. The van der Waals surface area contributed by atoms with Crippen molar-refractivity contribution >= 4 is 0 Å². The summed E-state index contributed by atoms with van der Waals surface area (Å²) in [5.41, 5.74) is 7.10. The molecule has 0 spiro atoms. The fourth-order valence-corrected chi connectivity index (χ4v) is 1.77. The summed E-state index contributed by atoms with van der Waals surface area (Å²) in [6.07, 6.45) is 3.81. The second-order valence-corrected chi connectivity index (χ2v) is 6.24. The fraction of sp³-hybridized carbons (Fsp3) is 0.250. The maximum atomic E-state index is 12.8. The van der Waals surface area contributed by atoms with Crippen LogP contribution in [0, 0.1) is 19.7 Å². The zero-order valence-electron chi connectivity index (χ0n) is 16.5. The van der Waals surface area contributed by atoms with Gasteiger partial charge in [0.05, 0.1) is 0 Å². The van der Waals surface area contributed by atoms with Gasteiger partial charge in [0.1, 0.15) is 5.82 Å². The highest BCUT2D eigenvalue weighted by molar-refractivity contribution is 5.67. The van der Waals surface area contributed by atoms with Crippen molar-refractivity contribution in [1.82, 2.24) is 0 Å². The van der Waals surface area contributed by atoms with Crippen molar-refractivity contribution in [3.63, 3.8) is 0 Å². The predicted molar refractivity (Wildman–Crippen MR) is 111 cm³/mol. The minimum Gasteiger partial charge on any atom is -0.207 e. The quantitative estimate of drug-likeness (QED) is 0.386. The number of benzene rings is 2. The van der Waals surface area contributed by atoms with Gasteiger partial charge in [0, 0.05) is 0 Å². The second kappa shape index (κ2) is 12.0. The summed E-state index contributed by atoms with van der Waals surface area (Å²) in [6, 6.07) is 12.9. The van der Waals surface area contributed by atoms with Gasteiger partial charge in [0.25, 0.3) is 0 Å². The molecule has 0 aliphatic carbocycles. The summed E-state index contributed by atoms with van der Waals surface area (Å²) in [5.74, 6) is -0.191. The third-order valence-corrected chi connectivity index (χ3v) is 3.46. The van der Waals surface area contributed by atoms with Gasteiger partial charge in [0.2, 0.25) is 0 Å². The lowest BCUT2D eigenvalue weighted by Crippen LogP contribution is -1.84. The number of hydrogen-bond acceptors (Lipinski definition) is 0. The Bertz CT molecular complexity index is 699. The van der Waals surface area contributed by atoms with E-state index in [0.29, 0.717) is 0 Å². The van der Waals surface area contributed by atoms with Crippen LogP contribution < -0.4 is 0 Å². The molecule has 0 aliphatic heterocycles. The maximum Gasteiger partial charge on any atom is 0.123 e. The molecule has 2 aromatic rings. The largest absolute Gasteiger partial charge is 0.207 e. The molecule has 2 rings (SSSR count). The molecule has 0 nitrogen and oxygen atoms in total. The number of hydrogen-bond donors (Lipinski definition) is 0. The number of allylic oxidation sites excluding steroid dienone is 4. The van der Waals surface area contributed by atoms with Gasteiger partial charge in [-0.2, -0.15) is 0 Å². The lowest BCUT2D eigenvalue weighted by molar-refractivity contribution is 0.628. The number of halogens is 1. The average Bonchev–Trinajstić information content (AvgIpc) is 2.57. The summed E-state index contributed by atoms with van der Waals surface area (Å²) in [4.78, 5) is 0. The van der Waals surface area contributed by atoms with E-state index in [0.717, 1.165) is 11.1 Å². The highest BCUT2D eigenvalue weighted by Crippen LogP contribution is 2.24. The van der Waals surface area contributed by atoms with Crippen molar-refractivity contribution in [3.8, 4) is 11.1 Å². The fourth-order valence-electron chi connectivity index (χ4n) is 1.77. The molecule has 0 N–H and O–H groups in total. The van der Waals surface area contributed by atoms with Crippen molar-refractivity contribution in [3.05, 3.63) is 95.9 Å². The van der Waals surface area contributed by atoms with Gasteiger partial charge in [-0.25, -0.2) is 4.39 Å². The molecule has 0 aliphatic rings. The van der Waals surface area contributed by atoms with Gasteiger partial charge in [-0.15, -0.1) is 0 Å². The summed E-state index contributed by atoms with van der Waals surface area (Å²) >= 11 is 0. The first-order valence-electron chi connectivity index (χ1n) is 8.41. The van der Waals surface area contributed by atoms with Gasteiger partial charge in [-0.05, 0) is 70.4 Å². The van der Waals surface area contributed by atoms with Crippen LogP contribution in [0.25, 0.3) is 11.1 Å². The molecule has 0 atom stereocenters. The lowest BCUT2D eigenvalue weighted by Gasteiger charge is -2.06. The van der Waals surface area contributed by atoms with Crippen LogP contribution in [0.3, 0.4) is 0 Å². The molecule has 134 valence electrons. The summed E-state index contributed by atoms with van der Waals surface area (Å²) in [7, 11) is 0. The third kappa shape index (κ3) is 10.1. The molecule has 0 aromatic heterocycles. The van der Waals surface area contributed by atoms with Gasteiger partial charge < -0.3 is 0 Å². The molecule has 0 saturated carbocycles. The van der Waals surface area contributed by atoms with Crippen molar-refractivity contribution in [2.75, 3.05) is 0 Å². The Morgan fingerprint density at radius 2 is 1.44 bits per heavy atom. The van der Waals surface area contributed by atoms with Gasteiger partial charge in [0.15, 0.2) is 0 Å². The summed E-state index contributed by atoms with van der Waals surface area (Å²) < 4.78 is 12.8. The molecule has 25 heavy (non-hydrogen) atoms. The van der Waals surface area contributed by atoms with Crippen molar-refractivity contribution in [2.24, 2.45) is 0 Å². The van der Waals surface area contributed by atoms with Crippen LogP contribution in [-0.4, -0.2) is 0 Å². The van der Waals surface area contributed by atoms with Crippen LogP contribution in [0.4, 0.5) is 4.39 Å². The van der Waals surface area contributed by atoms with E-state index >= 15 is 0 Å². The van der Waals surface area contributed by atoms with E-state index in [9.17, 15) is 4.39 Å². The molecule has 0 amide bonds. The summed E-state index contributed by atoms with van der Waals surface area (Å²) in [6.45, 7) is 19.3.